The minimum absolute atomic E-state index is 0.313. The van der Waals surface area contributed by atoms with Crippen molar-refractivity contribution in [2.45, 2.75) is 5.79 Å². The Bertz CT molecular complexity index is 329. The molecule has 0 spiro atoms. The van der Waals surface area contributed by atoms with Crippen LogP contribution in [-0.2, 0) is 0 Å². The SMILES string of the molecule is NC1(NO)N=CN=C2N=CN=C21. The molecule has 2 aliphatic heterocycles. The summed E-state index contributed by atoms with van der Waals surface area (Å²) in [6, 6.07) is 0. The molecule has 0 radical (unpaired) electrons. The van der Waals surface area contributed by atoms with Crippen LogP contribution in [0.2, 0.25) is 0 Å². The predicted octanol–water partition coefficient (Wildman–Crippen LogP) is -1.50. The van der Waals surface area contributed by atoms with Gasteiger partial charge in [-0.15, -0.1) is 0 Å². The van der Waals surface area contributed by atoms with Gasteiger partial charge in [0.2, 0.25) is 5.79 Å². The number of hydrogen-bond donors (Lipinski definition) is 3. The molecule has 1 atom stereocenters. The highest BCUT2D eigenvalue weighted by Crippen LogP contribution is 2.10. The quantitative estimate of drug-likeness (QED) is 0.326. The lowest BCUT2D eigenvalue weighted by atomic mass is 10.2. The summed E-state index contributed by atoms with van der Waals surface area (Å²) in [5.41, 5.74) is 7.75. The molecule has 12 heavy (non-hydrogen) atoms. The minimum atomic E-state index is -1.41. The van der Waals surface area contributed by atoms with Gasteiger partial charge in [-0.25, -0.2) is 20.0 Å². The summed E-state index contributed by atoms with van der Waals surface area (Å²) in [6.45, 7) is 0. The number of amidine groups is 1. The summed E-state index contributed by atoms with van der Waals surface area (Å²) >= 11 is 0. The average molecular weight is 166 g/mol. The fourth-order valence-corrected chi connectivity index (χ4v) is 0.941. The van der Waals surface area contributed by atoms with Crippen molar-refractivity contribution in [1.29, 1.82) is 0 Å². The van der Waals surface area contributed by atoms with Crippen molar-refractivity contribution in [1.82, 2.24) is 5.48 Å². The van der Waals surface area contributed by atoms with E-state index in [4.69, 9.17) is 10.9 Å². The van der Waals surface area contributed by atoms with Crippen molar-refractivity contribution in [2.75, 3.05) is 0 Å². The molecule has 4 N–H and O–H groups in total. The molecular weight excluding hydrogens is 160 g/mol. The second-order valence-electron chi connectivity index (χ2n) is 2.30. The van der Waals surface area contributed by atoms with E-state index in [1.165, 1.54) is 12.7 Å². The molecular formula is C5H6N6O. The molecule has 0 bridgehead atoms. The highest BCUT2D eigenvalue weighted by molar-refractivity contribution is 6.50. The Morgan fingerprint density at radius 1 is 1.42 bits per heavy atom. The second kappa shape index (κ2) is 2.27. The maximum absolute atomic E-state index is 8.72. The van der Waals surface area contributed by atoms with Gasteiger partial charge in [-0.2, -0.15) is 5.48 Å². The topological polar surface area (TPSA) is 108 Å². The van der Waals surface area contributed by atoms with Gasteiger partial charge in [-0.05, 0) is 0 Å². The maximum atomic E-state index is 8.72. The highest BCUT2D eigenvalue weighted by atomic mass is 16.5. The van der Waals surface area contributed by atoms with Gasteiger partial charge < -0.3 is 5.21 Å². The van der Waals surface area contributed by atoms with E-state index in [0.29, 0.717) is 11.5 Å². The van der Waals surface area contributed by atoms with Gasteiger partial charge in [-0.1, -0.05) is 0 Å². The minimum Gasteiger partial charge on any atom is -0.313 e. The smallest absolute Gasteiger partial charge is 0.232 e. The van der Waals surface area contributed by atoms with Crippen LogP contribution in [0.25, 0.3) is 0 Å². The number of nitrogens with one attached hydrogen (secondary N) is 1. The van der Waals surface area contributed by atoms with Gasteiger partial charge in [0.05, 0.1) is 0 Å². The van der Waals surface area contributed by atoms with E-state index < -0.39 is 5.79 Å². The lowest BCUT2D eigenvalue weighted by Crippen LogP contribution is -2.59. The number of aliphatic imine (C=N–C) groups is 4. The molecule has 7 nitrogen and oxygen atoms in total. The van der Waals surface area contributed by atoms with Crippen molar-refractivity contribution in [2.24, 2.45) is 25.7 Å². The van der Waals surface area contributed by atoms with Crippen LogP contribution in [-0.4, -0.2) is 35.2 Å². The van der Waals surface area contributed by atoms with Gasteiger partial charge in [0.15, 0.2) is 5.84 Å². The van der Waals surface area contributed by atoms with E-state index in [-0.39, 0.29) is 0 Å². The molecule has 0 aliphatic carbocycles. The normalized spacial score (nSPS) is 31.5. The van der Waals surface area contributed by atoms with Gasteiger partial charge in [0.1, 0.15) is 18.4 Å². The fraction of sp³-hybridized carbons (Fsp3) is 0.200. The van der Waals surface area contributed by atoms with Gasteiger partial charge >= 0.3 is 0 Å². The zero-order chi connectivity index (χ0) is 8.60. The van der Waals surface area contributed by atoms with Crippen LogP contribution >= 0.6 is 0 Å². The number of hydroxylamine groups is 1. The van der Waals surface area contributed by atoms with E-state index in [0.717, 1.165) is 0 Å². The molecule has 0 saturated carbocycles. The Morgan fingerprint density at radius 2 is 2.25 bits per heavy atom. The first-order valence-electron chi connectivity index (χ1n) is 3.19. The summed E-state index contributed by atoms with van der Waals surface area (Å²) in [7, 11) is 0. The van der Waals surface area contributed by atoms with Crippen LogP contribution < -0.4 is 11.2 Å². The summed E-state index contributed by atoms with van der Waals surface area (Å²) in [4.78, 5) is 15.1. The predicted molar refractivity (Wildman–Crippen MR) is 43.7 cm³/mol. The number of fused-ring (bicyclic) bond motifs is 1. The van der Waals surface area contributed by atoms with E-state index in [1.54, 1.807) is 0 Å². The van der Waals surface area contributed by atoms with Gasteiger partial charge in [-0.3, -0.25) is 5.73 Å². The van der Waals surface area contributed by atoms with Gasteiger partial charge in [0, 0.05) is 0 Å². The Labute approximate surface area is 67.4 Å². The third-order valence-corrected chi connectivity index (χ3v) is 1.55. The van der Waals surface area contributed by atoms with Crippen LogP contribution in [0.15, 0.2) is 20.0 Å². The van der Waals surface area contributed by atoms with Crippen molar-refractivity contribution in [3.8, 4) is 0 Å². The average Bonchev–Trinajstić information content (AvgIpc) is 2.54. The third-order valence-electron chi connectivity index (χ3n) is 1.55. The fourth-order valence-electron chi connectivity index (χ4n) is 0.941. The lowest BCUT2D eigenvalue weighted by Gasteiger charge is -2.23. The van der Waals surface area contributed by atoms with Crippen LogP contribution in [0.5, 0.6) is 0 Å². The molecule has 0 aromatic carbocycles. The number of nitrogens with zero attached hydrogens (tertiary/aromatic N) is 4. The van der Waals surface area contributed by atoms with Crippen LogP contribution in [0.4, 0.5) is 0 Å². The highest BCUT2D eigenvalue weighted by Gasteiger charge is 2.37. The first-order chi connectivity index (χ1) is 5.76. The Morgan fingerprint density at radius 3 is 3.00 bits per heavy atom. The molecule has 2 rings (SSSR count). The molecule has 0 amide bonds. The summed E-state index contributed by atoms with van der Waals surface area (Å²) in [6.07, 6.45) is 2.53. The monoisotopic (exact) mass is 166 g/mol. The number of hydrogen-bond acceptors (Lipinski definition) is 7. The van der Waals surface area contributed by atoms with Crippen molar-refractivity contribution in [3.05, 3.63) is 0 Å². The van der Waals surface area contributed by atoms with Crippen molar-refractivity contribution in [3.63, 3.8) is 0 Å². The molecule has 0 fully saturated rings. The standard InChI is InChI=1S/C5H6N6O/c6-5(11-12)3-4(8-1-7-3)9-2-10-5/h1-2,11-12H,6H2. The number of rotatable bonds is 1. The zero-order valence-electron chi connectivity index (χ0n) is 5.97. The second-order valence-corrected chi connectivity index (χ2v) is 2.30. The Hall–Kier alpha value is -1.44. The summed E-state index contributed by atoms with van der Waals surface area (Å²) in [5, 5.41) is 8.72. The first kappa shape index (κ1) is 7.22. The van der Waals surface area contributed by atoms with E-state index in [1.807, 2.05) is 5.48 Å². The molecule has 0 aromatic heterocycles. The third kappa shape index (κ3) is 0.811. The molecule has 0 aromatic rings. The molecule has 1 unspecified atom stereocenters. The van der Waals surface area contributed by atoms with E-state index >= 15 is 0 Å². The lowest BCUT2D eigenvalue weighted by molar-refractivity contribution is 0.106. The largest absolute Gasteiger partial charge is 0.313 e. The molecule has 2 aliphatic rings. The summed E-state index contributed by atoms with van der Waals surface area (Å²) < 4.78 is 0. The molecule has 7 heteroatoms. The van der Waals surface area contributed by atoms with Gasteiger partial charge in [0.25, 0.3) is 0 Å². The molecule has 62 valence electrons. The molecule has 2 heterocycles. The number of nitrogens with two attached hydrogens (primary N) is 1. The first-order valence-corrected chi connectivity index (χ1v) is 3.19. The van der Waals surface area contributed by atoms with E-state index in [9.17, 15) is 0 Å². The molecule has 0 saturated heterocycles. The van der Waals surface area contributed by atoms with Crippen molar-refractivity contribution >= 4 is 24.2 Å². The Balaban J connectivity index is 2.45. The maximum Gasteiger partial charge on any atom is 0.232 e. The Kier molecular flexibility index (Phi) is 1.37. The van der Waals surface area contributed by atoms with E-state index in [2.05, 4.69) is 20.0 Å². The van der Waals surface area contributed by atoms with Crippen LogP contribution in [0.3, 0.4) is 0 Å². The van der Waals surface area contributed by atoms with Crippen molar-refractivity contribution < 1.29 is 5.21 Å². The summed E-state index contributed by atoms with van der Waals surface area (Å²) in [5.74, 6) is -1.04. The van der Waals surface area contributed by atoms with Crippen LogP contribution in [0, 0.1) is 0 Å². The van der Waals surface area contributed by atoms with Crippen LogP contribution in [0.1, 0.15) is 0 Å². The zero-order valence-corrected chi connectivity index (χ0v) is 5.97.